The van der Waals surface area contributed by atoms with Crippen molar-refractivity contribution in [1.82, 2.24) is 4.98 Å². The molecule has 0 aromatic carbocycles. The summed E-state index contributed by atoms with van der Waals surface area (Å²) >= 11 is 0. The van der Waals surface area contributed by atoms with E-state index in [0.29, 0.717) is 12.2 Å². The fraction of sp³-hybridized carbons (Fsp3) is 0.357. The number of nitrogens with zero attached hydrogens (tertiary/aromatic N) is 1. The summed E-state index contributed by atoms with van der Waals surface area (Å²) in [5.41, 5.74) is 5.69. The van der Waals surface area contributed by atoms with Gasteiger partial charge in [-0.05, 0) is 25.1 Å². The predicted molar refractivity (Wildman–Crippen MR) is 73.7 cm³/mol. The second-order valence-corrected chi connectivity index (χ2v) is 3.80. The van der Waals surface area contributed by atoms with Crippen LogP contribution in [0.2, 0.25) is 0 Å². The van der Waals surface area contributed by atoms with Crippen LogP contribution in [0.25, 0.3) is 6.08 Å². The second-order valence-electron chi connectivity index (χ2n) is 3.80. The zero-order valence-corrected chi connectivity index (χ0v) is 11.4. The van der Waals surface area contributed by atoms with Gasteiger partial charge in [0.15, 0.2) is 5.78 Å². The smallest absolute Gasteiger partial charge is 0.341 e. The van der Waals surface area contributed by atoms with Gasteiger partial charge in [-0.1, -0.05) is 6.07 Å². The lowest BCUT2D eigenvalue weighted by Crippen LogP contribution is -2.21. The van der Waals surface area contributed by atoms with Gasteiger partial charge in [-0.3, -0.25) is 9.78 Å². The van der Waals surface area contributed by atoms with E-state index in [0.717, 1.165) is 0 Å². The molecule has 0 aliphatic heterocycles. The van der Waals surface area contributed by atoms with Crippen molar-refractivity contribution in [3.63, 3.8) is 0 Å². The Kier molecular flexibility index (Phi) is 7.16. The topological polar surface area (TPSA) is 91.5 Å². The Morgan fingerprint density at radius 2 is 2.20 bits per heavy atom. The zero-order chi connectivity index (χ0) is 14.8. The van der Waals surface area contributed by atoms with Crippen molar-refractivity contribution in [3.05, 3.63) is 35.7 Å². The highest BCUT2D eigenvalue weighted by Crippen LogP contribution is 2.08. The maximum absolute atomic E-state index is 12.0. The van der Waals surface area contributed by atoms with E-state index >= 15 is 0 Å². The van der Waals surface area contributed by atoms with Crippen LogP contribution in [-0.4, -0.2) is 43.1 Å². The fourth-order valence-corrected chi connectivity index (χ4v) is 1.40. The minimum absolute atomic E-state index is 0.0810. The van der Waals surface area contributed by atoms with Crippen LogP contribution in [-0.2, 0) is 19.1 Å². The van der Waals surface area contributed by atoms with E-state index in [2.05, 4.69) is 4.98 Å². The van der Waals surface area contributed by atoms with Gasteiger partial charge in [0.05, 0.1) is 18.9 Å². The summed E-state index contributed by atoms with van der Waals surface area (Å²) in [6.07, 6.45) is 2.97. The number of carbonyl (C=O) groups excluding carboxylic acids is 2. The molecule has 0 bridgehead atoms. The molecule has 108 valence electrons. The first-order valence-electron chi connectivity index (χ1n) is 6.30. The number of pyridine rings is 1. The Morgan fingerprint density at radius 1 is 1.40 bits per heavy atom. The molecule has 1 heterocycles. The van der Waals surface area contributed by atoms with Crippen molar-refractivity contribution in [2.24, 2.45) is 5.73 Å². The summed E-state index contributed by atoms with van der Waals surface area (Å²) in [4.78, 5) is 27.8. The Balaban J connectivity index is 2.88. The van der Waals surface area contributed by atoms with Gasteiger partial charge in [0.25, 0.3) is 0 Å². The van der Waals surface area contributed by atoms with Gasteiger partial charge in [0, 0.05) is 12.7 Å². The van der Waals surface area contributed by atoms with Crippen LogP contribution in [0.5, 0.6) is 0 Å². The van der Waals surface area contributed by atoms with Gasteiger partial charge in [0.1, 0.15) is 12.2 Å². The first-order valence-corrected chi connectivity index (χ1v) is 6.30. The largest absolute Gasteiger partial charge is 0.462 e. The summed E-state index contributed by atoms with van der Waals surface area (Å²) in [6.45, 7) is 2.22. The Labute approximate surface area is 117 Å². The number of ketones is 1. The molecule has 0 radical (unpaired) electrons. The third kappa shape index (κ3) is 5.29. The van der Waals surface area contributed by atoms with E-state index < -0.39 is 11.8 Å². The molecular formula is C14H18N2O4. The van der Waals surface area contributed by atoms with Gasteiger partial charge in [0.2, 0.25) is 0 Å². The van der Waals surface area contributed by atoms with Crippen molar-refractivity contribution in [1.29, 1.82) is 0 Å². The van der Waals surface area contributed by atoms with E-state index in [1.54, 1.807) is 31.3 Å². The molecule has 0 aliphatic carbocycles. The maximum atomic E-state index is 12.0. The molecule has 0 amide bonds. The average Bonchev–Trinajstić information content (AvgIpc) is 2.46. The fourth-order valence-electron chi connectivity index (χ4n) is 1.40. The molecule has 6 nitrogen and oxygen atoms in total. The lowest BCUT2D eigenvalue weighted by Gasteiger charge is -2.06. The van der Waals surface area contributed by atoms with Crippen molar-refractivity contribution >= 4 is 17.8 Å². The number of Topliss-reactive ketones (excluding diaryl/α,β-unsaturated/α-hetero) is 1. The molecule has 0 atom stereocenters. The van der Waals surface area contributed by atoms with Gasteiger partial charge in [-0.2, -0.15) is 0 Å². The Morgan fingerprint density at radius 3 is 2.80 bits per heavy atom. The maximum Gasteiger partial charge on any atom is 0.341 e. The average molecular weight is 278 g/mol. The SMILES string of the molecule is CCOC(=O)/C(=C\c1ccccn1)C(=O)COCCN. The zero-order valence-electron chi connectivity index (χ0n) is 11.4. The first-order chi connectivity index (χ1) is 9.69. The molecule has 1 aromatic heterocycles. The number of hydrogen-bond donors (Lipinski definition) is 1. The third-order valence-corrected chi connectivity index (χ3v) is 2.27. The van der Waals surface area contributed by atoms with Gasteiger partial charge in [-0.25, -0.2) is 4.79 Å². The Hall–Kier alpha value is -2.05. The van der Waals surface area contributed by atoms with Crippen molar-refractivity contribution in [2.45, 2.75) is 6.92 Å². The minimum atomic E-state index is -0.681. The van der Waals surface area contributed by atoms with Crippen LogP contribution in [0.15, 0.2) is 30.0 Å². The van der Waals surface area contributed by atoms with E-state index in [9.17, 15) is 9.59 Å². The van der Waals surface area contributed by atoms with Gasteiger partial charge >= 0.3 is 5.97 Å². The molecule has 0 unspecified atom stereocenters. The standard InChI is InChI=1S/C14H18N2O4/c1-2-20-14(18)12(13(17)10-19-8-6-15)9-11-5-3-4-7-16-11/h3-5,7,9H,2,6,8,10,15H2,1H3/b12-9-. The molecule has 0 saturated carbocycles. The minimum Gasteiger partial charge on any atom is -0.462 e. The molecule has 0 fully saturated rings. The van der Waals surface area contributed by atoms with Gasteiger partial charge in [-0.15, -0.1) is 0 Å². The number of carbonyl (C=O) groups is 2. The lowest BCUT2D eigenvalue weighted by molar-refractivity contribution is -0.140. The molecular weight excluding hydrogens is 260 g/mol. The monoisotopic (exact) mass is 278 g/mol. The number of aromatic nitrogens is 1. The summed E-state index contributed by atoms with van der Waals surface area (Å²) < 4.78 is 9.92. The highest BCUT2D eigenvalue weighted by molar-refractivity contribution is 6.21. The van der Waals surface area contributed by atoms with E-state index in [1.807, 2.05) is 0 Å². The number of esters is 1. The third-order valence-electron chi connectivity index (χ3n) is 2.27. The van der Waals surface area contributed by atoms with Crippen LogP contribution in [0, 0.1) is 0 Å². The van der Waals surface area contributed by atoms with Crippen LogP contribution < -0.4 is 5.73 Å². The molecule has 1 rings (SSSR count). The Bertz CT molecular complexity index is 471. The summed E-state index contributed by atoms with van der Waals surface area (Å²) in [5.74, 6) is -1.14. The van der Waals surface area contributed by atoms with Crippen LogP contribution >= 0.6 is 0 Å². The lowest BCUT2D eigenvalue weighted by atomic mass is 10.1. The van der Waals surface area contributed by atoms with Crippen molar-refractivity contribution in [2.75, 3.05) is 26.4 Å². The molecule has 0 spiro atoms. The molecule has 6 heteroatoms. The molecule has 0 aliphatic rings. The van der Waals surface area contributed by atoms with E-state index in [1.165, 1.54) is 6.08 Å². The van der Waals surface area contributed by atoms with E-state index in [-0.39, 0.29) is 25.4 Å². The van der Waals surface area contributed by atoms with Crippen LogP contribution in [0.4, 0.5) is 0 Å². The highest BCUT2D eigenvalue weighted by Gasteiger charge is 2.19. The normalized spacial score (nSPS) is 11.2. The highest BCUT2D eigenvalue weighted by atomic mass is 16.5. The molecule has 2 N–H and O–H groups in total. The number of hydrogen-bond acceptors (Lipinski definition) is 6. The first kappa shape index (κ1) is 16.0. The van der Waals surface area contributed by atoms with Crippen molar-refractivity contribution < 1.29 is 19.1 Å². The number of ether oxygens (including phenoxy) is 2. The number of nitrogens with two attached hydrogens (primary N) is 1. The quantitative estimate of drug-likeness (QED) is 0.246. The molecule has 0 saturated heterocycles. The predicted octanol–water partition coefficient (Wildman–Crippen LogP) is 0.572. The van der Waals surface area contributed by atoms with Crippen LogP contribution in [0.1, 0.15) is 12.6 Å². The van der Waals surface area contributed by atoms with Crippen LogP contribution in [0.3, 0.4) is 0 Å². The second kappa shape index (κ2) is 8.95. The van der Waals surface area contributed by atoms with Gasteiger partial charge < -0.3 is 15.2 Å². The summed E-state index contributed by atoms with van der Waals surface area (Å²) in [6, 6.07) is 5.19. The van der Waals surface area contributed by atoms with Crippen molar-refractivity contribution in [3.8, 4) is 0 Å². The summed E-state index contributed by atoms with van der Waals surface area (Å²) in [5, 5.41) is 0. The molecule has 1 aromatic rings. The summed E-state index contributed by atoms with van der Waals surface area (Å²) in [7, 11) is 0. The van der Waals surface area contributed by atoms with E-state index in [4.69, 9.17) is 15.2 Å². The number of rotatable bonds is 8. The molecule has 20 heavy (non-hydrogen) atoms.